The van der Waals surface area contributed by atoms with E-state index < -0.39 is 11.8 Å². The summed E-state index contributed by atoms with van der Waals surface area (Å²) in [6.45, 7) is 8.77. The highest BCUT2D eigenvalue weighted by molar-refractivity contribution is 9.10. The number of carbonyl (C=O) groups is 2. The highest BCUT2D eigenvalue weighted by Crippen LogP contribution is 2.37. The second-order valence-electron chi connectivity index (χ2n) is 7.83. The van der Waals surface area contributed by atoms with Crippen molar-refractivity contribution in [2.45, 2.75) is 59.4 Å². The van der Waals surface area contributed by atoms with Gasteiger partial charge < -0.3 is 10.6 Å². The minimum absolute atomic E-state index is 0.100. The van der Waals surface area contributed by atoms with Crippen molar-refractivity contribution >= 4 is 33.4 Å². The second kappa shape index (κ2) is 7.68. The number of amides is 2. The van der Waals surface area contributed by atoms with Crippen LogP contribution in [0, 0.1) is 18.3 Å². The van der Waals surface area contributed by atoms with E-state index in [1.54, 1.807) is 6.07 Å². The molecule has 2 rings (SSSR count). The van der Waals surface area contributed by atoms with E-state index in [0.717, 1.165) is 35.7 Å². The SMILES string of the molecule is Cc1ccc(NC(=O)C(=O)NC2CCC(C(C)(C)C)CC2)c(Br)c1. The standard InChI is InChI=1S/C19H27BrN2O2/c1-12-5-10-16(15(20)11-12)22-18(24)17(23)21-14-8-6-13(7-9-14)19(2,3)4/h5,10-11,13-14H,6-9H2,1-4H3,(H,21,23)(H,22,24). The Morgan fingerprint density at radius 3 is 2.25 bits per heavy atom. The lowest BCUT2D eigenvalue weighted by molar-refractivity contribution is -0.136. The maximum atomic E-state index is 12.1. The Labute approximate surface area is 152 Å². The van der Waals surface area contributed by atoms with Gasteiger partial charge in [-0.1, -0.05) is 26.8 Å². The molecule has 0 spiro atoms. The first-order chi connectivity index (χ1) is 11.2. The van der Waals surface area contributed by atoms with E-state index in [4.69, 9.17) is 0 Å². The summed E-state index contributed by atoms with van der Waals surface area (Å²) in [7, 11) is 0. The molecule has 24 heavy (non-hydrogen) atoms. The van der Waals surface area contributed by atoms with Crippen LogP contribution in [0.4, 0.5) is 5.69 Å². The molecule has 0 aromatic heterocycles. The molecule has 0 radical (unpaired) electrons. The fourth-order valence-corrected chi connectivity index (χ4v) is 3.85. The van der Waals surface area contributed by atoms with Crippen LogP contribution in [0.1, 0.15) is 52.0 Å². The zero-order chi connectivity index (χ0) is 17.9. The van der Waals surface area contributed by atoms with Gasteiger partial charge in [0.2, 0.25) is 0 Å². The summed E-state index contributed by atoms with van der Waals surface area (Å²) in [6, 6.07) is 5.69. The van der Waals surface area contributed by atoms with Gasteiger partial charge in [-0.3, -0.25) is 9.59 Å². The van der Waals surface area contributed by atoms with Gasteiger partial charge in [0, 0.05) is 10.5 Å². The molecule has 0 heterocycles. The normalized spacial score (nSPS) is 21.2. The molecule has 0 bridgehead atoms. The number of anilines is 1. The van der Waals surface area contributed by atoms with Crippen molar-refractivity contribution < 1.29 is 9.59 Å². The zero-order valence-electron chi connectivity index (χ0n) is 14.9. The second-order valence-corrected chi connectivity index (χ2v) is 8.68. The van der Waals surface area contributed by atoms with Crippen LogP contribution in [-0.4, -0.2) is 17.9 Å². The van der Waals surface area contributed by atoms with E-state index in [1.807, 2.05) is 19.1 Å². The Bertz CT molecular complexity index is 614. The van der Waals surface area contributed by atoms with Gasteiger partial charge in [0.25, 0.3) is 0 Å². The molecule has 1 aromatic carbocycles. The molecule has 132 valence electrons. The number of hydrogen-bond donors (Lipinski definition) is 2. The molecule has 1 saturated carbocycles. The van der Waals surface area contributed by atoms with Gasteiger partial charge in [0.1, 0.15) is 0 Å². The Morgan fingerprint density at radius 2 is 1.71 bits per heavy atom. The van der Waals surface area contributed by atoms with Crippen molar-refractivity contribution in [1.82, 2.24) is 5.32 Å². The maximum absolute atomic E-state index is 12.1. The first kappa shape index (κ1) is 19.0. The van der Waals surface area contributed by atoms with Gasteiger partial charge in [-0.15, -0.1) is 0 Å². The van der Waals surface area contributed by atoms with Crippen LogP contribution in [0.25, 0.3) is 0 Å². The lowest BCUT2D eigenvalue weighted by atomic mass is 9.71. The number of aryl methyl sites for hydroxylation is 1. The molecule has 1 aliphatic carbocycles. The van der Waals surface area contributed by atoms with E-state index in [1.165, 1.54) is 0 Å². The van der Waals surface area contributed by atoms with Crippen molar-refractivity contribution in [2.24, 2.45) is 11.3 Å². The topological polar surface area (TPSA) is 58.2 Å². The van der Waals surface area contributed by atoms with Gasteiger partial charge in [-0.25, -0.2) is 0 Å². The van der Waals surface area contributed by atoms with Crippen LogP contribution >= 0.6 is 15.9 Å². The van der Waals surface area contributed by atoms with E-state index >= 15 is 0 Å². The Hall–Kier alpha value is -1.36. The molecule has 5 heteroatoms. The van der Waals surface area contributed by atoms with Crippen molar-refractivity contribution in [2.75, 3.05) is 5.32 Å². The molecule has 1 aromatic rings. The monoisotopic (exact) mass is 394 g/mol. The maximum Gasteiger partial charge on any atom is 0.313 e. The molecule has 1 aliphatic rings. The molecule has 0 unspecified atom stereocenters. The number of hydrogen-bond acceptors (Lipinski definition) is 2. The summed E-state index contributed by atoms with van der Waals surface area (Å²) < 4.78 is 0.773. The van der Waals surface area contributed by atoms with Crippen LogP contribution < -0.4 is 10.6 Å². The van der Waals surface area contributed by atoms with Gasteiger partial charge in [-0.05, 0) is 77.6 Å². The summed E-state index contributed by atoms with van der Waals surface area (Å²) >= 11 is 3.40. The fraction of sp³-hybridized carbons (Fsp3) is 0.579. The van der Waals surface area contributed by atoms with Crippen LogP contribution in [0.15, 0.2) is 22.7 Å². The van der Waals surface area contributed by atoms with Crippen molar-refractivity contribution in [3.63, 3.8) is 0 Å². The minimum atomic E-state index is -0.613. The summed E-state index contributed by atoms with van der Waals surface area (Å²) in [6.07, 6.45) is 4.07. The fourth-order valence-electron chi connectivity index (χ4n) is 3.26. The van der Waals surface area contributed by atoms with Crippen LogP contribution in [-0.2, 0) is 9.59 Å². The summed E-state index contributed by atoms with van der Waals surface area (Å²) in [5, 5.41) is 5.54. The Balaban J connectivity index is 1.85. The Kier molecular flexibility index (Phi) is 6.07. The zero-order valence-corrected chi connectivity index (χ0v) is 16.5. The number of halogens is 1. The lowest BCUT2D eigenvalue weighted by Crippen LogP contribution is -2.44. The number of nitrogens with one attached hydrogen (secondary N) is 2. The highest BCUT2D eigenvalue weighted by Gasteiger charge is 2.31. The van der Waals surface area contributed by atoms with Gasteiger partial charge in [0.05, 0.1) is 5.69 Å². The summed E-state index contributed by atoms with van der Waals surface area (Å²) in [5.41, 5.74) is 2.00. The van der Waals surface area contributed by atoms with Crippen molar-refractivity contribution in [3.8, 4) is 0 Å². The lowest BCUT2D eigenvalue weighted by Gasteiger charge is -2.37. The third-order valence-electron chi connectivity index (χ3n) is 4.87. The number of carbonyl (C=O) groups excluding carboxylic acids is 2. The van der Waals surface area contributed by atoms with E-state index in [0.29, 0.717) is 17.0 Å². The molecule has 2 amide bonds. The van der Waals surface area contributed by atoms with Gasteiger partial charge >= 0.3 is 11.8 Å². The Morgan fingerprint density at radius 1 is 1.08 bits per heavy atom. The number of rotatable bonds is 2. The molecule has 4 nitrogen and oxygen atoms in total. The van der Waals surface area contributed by atoms with Crippen LogP contribution in [0.2, 0.25) is 0 Å². The van der Waals surface area contributed by atoms with E-state index in [-0.39, 0.29) is 6.04 Å². The molecule has 0 saturated heterocycles. The van der Waals surface area contributed by atoms with E-state index in [9.17, 15) is 9.59 Å². The summed E-state index contributed by atoms with van der Waals surface area (Å²) in [5.74, 6) is -0.484. The minimum Gasteiger partial charge on any atom is -0.345 e. The first-order valence-electron chi connectivity index (χ1n) is 8.55. The largest absolute Gasteiger partial charge is 0.345 e. The highest BCUT2D eigenvalue weighted by atomic mass is 79.9. The quantitative estimate of drug-likeness (QED) is 0.729. The van der Waals surface area contributed by atoms with Gasteiger partial charge in [0.15, 0.2) is 0 Å². The molecular formula is C19H27BrN2O2. The van der Waals surface area contributed by atoms with Crippen LogP contribution in [0.3, 0.4) is 0 Å². The van der Waals surface area contributed by atoms with Gasteiger partial charge in [-0.2, -0.15) is 0 Å². The van der Waals surface area contributed by atoms with Crippen molar-refractivity contribution in [3.05, 3.63) is 28.2 Å². The molecule has 0 atom stereocenters. The van der Waals surface area contributed by atoms with Crippen molar-refractivity contribution in [1.29, 1.82) is 0 Å². The molecule has 0 aliphatic heterocycles. The van der Waals surface area contributed by atoms with Crippen LogP contribution in [0.5, 0.6) is 0 Å². The molecular weight excluding hydrogens is 368 g/mol. The third kappa shape index (κ3) is 5.07. The smallest absolute Gasteiger partial charge is 0.313 e. The number of benzene rings is 1. The predicted molar refractivity (Wildman–Crippen MR) is 101 cm³/mol. The average molecular weight is 395 g/mol. The molecule has 2 N–H and O–H groups in total. The first-order valence-corrected chi connectivity index (χ1v) is 9.34. The predicted octanol–water partition coefficient (Wildman–Crippen LogP) is 4.42. The molecule has 1 fully saturated rings. The van der Waals surface area contributed by atoms with E-state index in [2.05, 4.69) is 47.3 Å². The summed E-state index contributed by atoms with van der Waals surface area (Å²) in [4.78, 5) is 24.2. The third-order valence-corrected chi connectivity index (χ3v) is 5.52. The average Bonchev–Trinajstić information content (AvgIpc) is 2.49.